The van der Waals surface area contributed by atoms with Crippen molar-refractivity contribution in [1.29, 1.82) is 0 Å². The van der Waals surface area contributed by atoms with Gasteiger partial charge in [-0.05, 0) is 86.8 Å². The third-order valence-electron chi connectivity index (χ3n) is 12.2. The fourth-order valence-corrected chi connectivity index (χ4v) is 7.74. The molecular weight excluding hydrogens is 853 g/mol. The average molecular weight is 917 g/mol. The van der Waals surface area contributed by atoms with E-state index in [1.807, 2.05) is 97.9 Å². The summed E-state index contributed by atoms with van der Waals surface area (Å²) in [5.74, 6) is -2.05. The van der Waals surface area contributed by atoms with Gasteiger partial charge in [0.05, 0.1) is 44.0 Å². The number of hydrogen-bond acceptors (Lipinski definition) is 11. The zero-order valence-corrected chi connectivity index (χ0v) is 38.7. The first-order valence-corrected chi connectivity index (χ1v) is 22.9. The predicted octanol–water partition coefficient (Wildman–Crippen LogP) is 3.08. The number of carbonyl (C=O) groups is 6. The highest BCUT2D eigenvalue weighted by molar-refractivity contribution is 5.99. The van der Waals surface area contributed by atoms with Gasteiger partial charge < -0.3 is 46.9 Å². The molecule has 9 atom stereocenters. The van der Waals surface area contributed by atoms with E-state index in [-0.39, 0.29) is 56.4 Å². The first-order valence-electron chi connectivity index (χ1n) is 22.9. The number of nitrogens with two attached hydrogens (primary N) is 2. The van der Waals surface area contributed by atoms with Crippen LogP contribution in [0.25, 0.3) is 0 Å². The predicted molar refractivity (Wildman–Crippen MR) is 253 cm³/mol. The van der Waals surface area contributed by atoms with Crippen molar-refractivity contribution in [3.63, 3.8) is 0 Å². The van der Waals surface area contributed by atoms with E-state index >= 15 is 0 Å². The van der Waals surface area contributed by atoms with Crippen molar-refractivity contribution in [3.8, 4) is 5.75 Å². The third-order valence-corrected chi connectivity index (χ3v) is 12.2. The minimum Gasteiger partial charge on any atom is -0.494 e. The lowest BCUT2D eigenvalue weighted by Crippen LogP contribution is -2.56. The topological polar surface area (TPSA) is 237 Å². The van der Waals surface area contributed by atoms with Crippen molar-refractivity contribution >= 4 is 35.2 Å². The molecule has 2 aliphatic heterocycles. The second-order valence-electron chi connectivity index (χ2n) is 18.3. The Morgan fingerprint density at radius 3 is 1.39 bits per heavy atom. The van der Waals surface area contributed by atoms with Gasteiger partial charge in [0.15, 0.2) is 11.6 Å². The summed E-state index contributed by atoms with van der Waals surface area (Å²) in [4.78, 5) is 81.3. The van der Waals surface area contributed by atoms with Gasteiger partial charge in [-0.1, -0.05) is 110 Å². The van der Waals surface area contributed by atoms with E-state index in [1.54, 1.807) is 38.1 Å². The Morgan fingerprint density at radius 1 is 0.537 bits per heavy atom. The van der Waals surface area contributed by atoms with Crippen LogP contribution in [0.1, 0.15) is 62.8 Å². The number of Topliss-reactive ketones (excluding diaryl/α,β-unsaturated/α-hetero) is 2. The van der Waals surface area contributed by atoms with Crippen molar-refractivity contribution in [3.05, 3.63) is 138 Å². The van der Waals surface area contributed by atoms with Gasteiger partial charge in [0, 0.05) is 12.8 Å². The van der Waals surface area contributed by atoms with Crippen LogP contribution in [0, 0.1) is 5.92 Å². The van der Waals surface area contributed by atoms with Gasteiger partial charge in [-0.15, -0.1) is 0 Å². The van der Waals surface area contributed by atoms with E-state index in [0.29, 0.717) is 25.2 Å². The van der Waals surface area contributed by atoms with E-state index in [1.165, 1.54) is 6.92 Å². The smallest absolute Gasteiger partial charge is 0.243 e. The lowest BCUT2D eigenvalue weighted by atomic mass is 9.91. The van der Waals surface area contributed by atoms with E-state index in [0.717, 1.165) is 22.3 Å². The van der Waals surface area contributed by atoms with Crippen LogP contribution in [0.4, 0.5) is 0 Å². The van der Waals surface area contributed by atoms with Crippen molar-refractivity contribution in [2.45, 2.75) is 114 Å². The summed E-state index contributed by atoms with van der Waals surface area (Å²) in [7, 11) is 0. The van der Waals surface area contributed by atoms with E-state index in [2.05, 4.69) is 21.3 Å². The average Bonchev–Trinajstić information content (AvgIpc) is 4.26. The highest BCUT2D eigenvalue weighted by atomic mass is 16.6. The molecule has 6 rings (SSSR count). The molecule has 0 aliphatic carbocycles. The fraction of sp³-hybridized carbons (Fsp3) is 0.423. The zero-order valence-electron chi connectivity index (χ0n) is 38.7. The molecule has 356 valence electrons. The molecule has 4 amide bonds. The summed E-state index contributed by atoms with van der Waals surface area (Å²) in [6, 6.07) is 29.6. The summed E-state index contributed by atoms with van der Waals surface area (Å²) in [5, 5.41) is 11.4. The molecule has 0 radical (unpaired) electrons. The molecule has 2 saturated heterocycles. The van der Waals surface area contributed by atoms with Crippen molar-refractivity contribution < 1.29 is 43.0 Å². The van der Waals surface area contributed by atoms with Crippen LogP contribution in [0.15, 0.2) is 115 Å². The first-order chi connectivity index (χ1) is 32.0. The van der Waals surface area contributed by atoms with E-state index < -0.39 is 71.1 Å². The van der Waals surface area contributed by atoms with E-state index in [4.69, 9.17) is 25.7 Å². The molecule has 0 aromatic heterocycles. The van der Waals surface area contributed by atoms with Crippen LogP contribution in [0.3, 0.4) is 0 Å². The quantitative estimate of drug-likeness (QED) is 0.0501. The molecule has 15 heteroatoms. The number of rotatable bonds is 26. The number of ether oxygens (including phenoxy) is 3. The van der Waals surface area contributed by atoms with Gasteiger partial charge >= 0.3 is 0 Å². The highest BCUT2D eigenvalue weighted by Gasteiger charge is 2.51. The summed E-state index contributed by atoms with van der Waals surface area (Å²) in [6.45, 7) is 7.70. The molecule has 2 fully saturated rings. The number of hydrogen-bond donors (Lipinski definition) is 6. The molecule has 0 bridgehead atoms. The van der Waals surface area contributed by atoms with E-state index in [9.17, 15) is 28.8 Å². The SMILES string of the molecule is CC(CCOc1ccc(C[C@H](NC(=O)[C@H](C)N)C(=O)N[C@@H](Cc2ccccc2)C(=O)[C@@]2(C)CO2)cc1)CC(NC(=O)[C@H](Cc1ccccc1)NC(=O)[C@@H](N)Cc1ccccc1)C(=O)[C@@]1(C)CO1. The molecule has 4 aromatic rings. The lowest BCUT2D eigenvalue weighted by Gasteiger charge is -2.26. The molecule has 4 aromatic carbocycles. The van der Waals surface area contributed by atoms with Crippen LogP contribution in [-0.4, -0.2) is 102 Å². The maximum Gasteiger partial charge on any atom is 0.243 e. The third kappa shape index (κ3) is 14.9. The molecule has 8 N–H and O–H groups in total. The van der Waals surface area contributed by atoms with Crippen molar-refractivity contribution in [1.82, 2.24) is 21.3 Å². The molecule has 67 heavy (non-hydrogen) atoms. The lowest BCUT2D eigenvalue weighted by molar-refractivity contribution is -0.133. The van der Waals surface area contributed by atoms with Crippen LogP contribution in [0.2, 0.25) is 0 Å². The number of carbonyl (C=O) groups excluding carboxylic acids is 6. The van der Waals surface area contributed by atoms with Gasteiger partial charge in [-0.2, -0.15) is 0 Å². The number of ketones is 2. The zero-order chi connectivity index (χ0) is 48.1. The van der Waals surface area contributed by atoms with Crippen molar-refractivity contribution in [2.75, 3.05) is 19.8 Å². The second kappa shape index (κ2) is 23.0. The fourth-order valence-electron chi connectivity index (χ4n) is 7.74. The number of amides is 4. The minimum absolute atomic E-state index is 0.0863. The monoisotopic (exact) mass is 916 g/mol. The first kappa shape index (κ1) is 50.2. The van der Waals surface area contributed by atoms with Gasteiger partial charge in [0.25, 0.3) is 0 Å². The molecular formula is C52H64N6O9. The van der Waals surface area contributed by atoms with Gasteiger partial charge in [-0.25, -0.2) is 0 Å². The summed E-state index contributed by atoms with van der Waals surface area (Å²) < 4.78 is 17.0. The summed E-state index contributed by atoms with van der Waals surface area (Å²) in [6.07, 6.45) is 1.68. The highest BCUT2D eigenvalue weighted by Crippen LogP contribution is 2.31. The molecule has 2 unspecified atom stereocenters. The van der Waals surface area contributed by atoms with Gasteiger partial charge in [-0.3, -0.25) is 28.8 Å². The van der Waals surface area contributed by atoms with Gasteiger partial charge in [0.1, 0.15) is 29.0 Å². The molecule has 2 aliphatic rings. The molecule has 0 saturated carbocycles. The van der Waals surface area contributed by atoms with Crippen LogP contribution >= 0.6 is 0 Å². The standard InChI is InChI=1S/C52H64N6O9/c1-33(26-41(45(59)51(3)31-66-51)55-50(64)44(29-37-18-12-7-13-19-37)58-48(62)40(54)27-35-14-8-5-9-15-35)24-25-65-39-22-20-38(21-23-39)30-43(57-47(61)34(2)53)49(63)56-42(46(60)52(4)32-67-52)28-36-16-10-6-11-17-36/h5-23,33-34,40-44H,24-32,53-54H2,1-4H3,(H,55,64)(H,56,63)(H,57,61)(H,58,62)/t33?,34-,40-,41?,42-,43-,44-,51+,52+/m0/s1. The minimum atomic E-state index is -1.04. The van der Waals surface area contributed by atoms with Gasteiger partial charge in [0.2, 0.25) is 23.6 Å². The normalized spacial score (nSPS) is 20.3. The summed E-state index contributed by atoms with van der Waals surface area (Å²) in [5.41, 5.74) is 13.5. The Balaban J connectivity index is 1.05. The Morgan fingerprint density at radius 2 is 0.925 bits per heavy atom. The largest absolute Gasteiger partial charge is 0.494 e. The Hall–Kier alpha value is -6.26. The Kier molecular flexibility index (Phi) is 17.2. The van der Waals surface area contributed by atoms with Crippen LogP contribution < -0.4 is 37.5 Å². The Labute approximate surface area is 392 Å². The molecule has 15 nitrogen and oxygen atoms in total. The maximum absolute atomic E-state index is 14.0. The Bertz CT molecular complexity index is 2300. The van der Waals surface area contributed by atoms with Crippen LogP contribution in [0.5, 0.6) is 5.75 Å². The summed E-state index contributed by atoms with van der Waals surface area (Å²) >= 11 is 0. The second-order valence-corrected chi connectivity index (χ2v) is 18.3. The number of epoxide rings is 2. The number of nitrogens with one attached hydrogen (secondary N) is 4. The van der Waals surface area contributed by atoms with Crippen LogP contribution in [-0.2, 0) is 63.9 Å². The molecule has 0 spiro atoms. The van der Waals surface area contributed by atoms with Crippen molar-refractivity contribution in [2.24, 2.45) is 17.4 Å². The maximum atomic E-state index is 14.0. The number of benzene rings is 4. The molecule has 2 heterocycles.